The first kappa shape index (κ1) is 19.8. The molecule has 1 fully saturated rings. The number of nitrogens with zero attached hydrogens (tertiary/aromatic N) is 3. The molecule has 3 aromatic rings. The van der Waals surface area contributed by atoms with Gasteiger partial charge in [0.15, 0.2) is 0 Å². The van der Waals surface area contributed by atoms with Crippen molar-refractivity contribution in [2.24, 2.45) is 5.41 Å². The third-order valence-electron chi connectivity index (χ3n) is 5.07. The summed E-state index contributed by atoms with van der Waals surface area (Å²) in [5, 5.41) is 10.9. The summed E-state index contributed by atoms with van der Waals surface area (Å²) in [5.74, 6) is 0. The van der Waals surface area contributed by atoms with Crippen LogP contribution in [0.4, 0.5) is 0 Å². The fraction of sp³-hybridized carbons (Fsp3) is 0.391. The van der Waals surface area contributed by atoms with E-state index in [1.807, 2.05) is 18.2 Å². The number of pyridine rings is 1. The highest BCUT2D eigenvalue weighted by molar-refractivity contribution is 7.83. The van der Waals surface area contributed by atoms with Crippen LogP contribution in [-0.4, -0.2) is 19.0 Å². The average Bonchev–Trinajstić information content (AvgIpc) is 3.49. The molecule has 0 saturated heterocycles. The van der Waals surface area contributed by atoms with Crippen molar-refractivity contribution in [2.45, 2.75) is 52.0 Å². The number of nitrogens with one attached hydrogen (secondary N) is 1. The third kappa shape index (κ3) is 4.42. The van der Waals surface area contributed by atoms with Crippen LogP contribution in [0.2, 0.25) is 0 Å². The summed E-state index contributed by atoms with van der Waals surface area (Å²) in [4.78, 5) is 4.20. The molecule has 1 aliphatic rings. The third-order valence-corrected chi connectivity index (χ3v) is 6.57. The maximum absolute atomic E-state index is 12.2. The molecule has 4 rings (SSSR count). The molecule has 1 aromatic carbocycles. The van der Waals surface area contributed by atoms with Crippen molar-refractivity contribution < 1.29 is 4.21 Å². The Morgan fingerprint density at radius 2 is 2.10 bits per heavy atom. The summed E-state index contributed by atoms with van der Waals surface area (Å²) in [7, 11) is -0.956. The van der Waals surface area contributed by atoms with Gasteiger partial charge < -0.3 is 4.57 Å². The van der Waals surface area contributed by atoms with Crippen molar-refractivity contribution in [1.82, 2.24) is 14.3 Å². The second-order valence-electron chi connectivity index (χ2n) is 8.90. The lowest BCUT2D eigenvalue weighted by atomic mass is 9.96. The average molecular weight is 407 g/mol. The van der Waals surface area contributed by atoms with Crippen LogP contribution in [0.25, 0.3) is 22.0 Å². The highest BCUT2D eigenvalue weighted by Gasteiger charge is 2.28. The van der Waals surface area contributed by atoms with Gasteiger partial charge in [0.2, 0.25) is 0 Å². The normalized spacial score (nSPS) is 15.4. The van der Waals surface area contributed by atoms with Crippen LogP contribution < -0.4 is 4.72 Å². The van der Waals surface area contributed by atoms with E-state index in [4.69, 9.17) is 0 Å². The van der Waals surface area contributed by atoms with Crippen LogP contribution in [0.1, 0.15) is 44.9 Å². The van der Waals surface area contributed by atoms with Gasteiger partial charge in [0, 0.05) is 47.2 Å². The SMILES string of the molecule is CC(C)(C)Cn1cc(CNS(=O)C2CC2)c2ccc(-c3cccnc3C#N)cc21. The van der Waals surface area contributed by atoms with Gasteiger partial charge in [0.05, 0.1) is 11.0 Å². The summed E-state index contributed by atoms with van der Waals surface area (Å²) >= 11 is 0. The maximum Gasteiger partial charge on any atom is 0.148 e. The van der Waals surface area contributed by atoms with Crippen LogP contribution in [-0.2, 0) is 24.1 Å². The van der Waals surface area contributed by atoms with E-state index in [1.54, 1.807) is 6.20 Å². The van der Waals surface area contributed by atoms with Crippen molar-refractivity contribution >= 4 is 21.9 Å². The van der Waals surface area contributed by atoms with Gasteiger partial charge in [-0.15, -0.1) is 0 Å². The summed E-state index contributed by atoms with van der Waals surface area (Å²) in [6.45, 7) is 8.12. The molecule has 0 bridgehead atoms. The summed E-state index contributed by atoms with van der Waals surface area (Å²) in [6.07, 6.45) is 5.93. The Morgan fingerprint density at radius 1 is 1.31 bits per heavy atom. The molecule has 6 heteroatoms. The van der Waals surface area contributed by atoms with Gasteiger partial charge in [-0.2, -0.15) is 5.26 Å². The largest absolute Gasteiger partial charge is 0.347 e. The quantitative estimate of drug-likeness (QED) is 0.653. The van der Waals surface area contributed by atoms with Gasteiger partial charge in [0.25, 0.3) is 0 Å². The van der Waals surface area contributed by atoms with E-state index in [1.165, 1.54) is 0 Å². The minimum atomic E-state index is -0.956. The Labute approximate surface area is 174 Å². The zero-order chi connectivity index (χ0) is 20.6. The number of nitriles is 1. The van der Waals surface area contributed by atoms with E-state index in [9.17, 15) is 9.47 Å². The molecule has 5 nitrogen and oxygen atoms in total. The molecule has 1 N–H and O–H groups in total. The van der Waals surface area contributed by atoms with Gasteiger partial charge in [0.1, 0.15) is 11.8 Å². The number of hydrogen-bond acceptors (Lipinski definition) is 3. The number of hydrogen-bond donors (Lipinski definition) is 1. The Balaban J connectivity index is 1.75. The zero-order valence-electron chi connectivity index (χ0n) is 17.1. The molecule has 29 heavy (non-hydrogen) atoms. The fourth-order valence-electron chi connectivity index (χ4n) is 3.59. The standard InChI is InChI=1S/C23H26N4OS/c1-23(2,3)15-27-14-17(13-26-29(28)18-7-8-18)20-9-6-16(11-22(20)27)19-5-4-10-25-21(19)12-24/h4-6,9-11,14,18,26H,7-8,13,15H2,1-3H3. The molecule has 1 unspecified atom stereocenters. The molecular weight excluding hydrogens is 380 g/mol. The Kier molecular flexibility index (Phi) is 5.28. The number of fused-ring (bicyclic) bond motifs is 1. The van der Waals surface area contributed by atoms with Crippen LogP contribution >= 0.6 is 0 Å². The summed E-state index contributed by atoms with van der Waals surface area (Å²) < 4.78 is 17.7. The summed E-state index contributed by atoms with van der Waals surface area (Å²) in [6, 6.07) is 12.3. The van der Waals surface area contributed by atoms with Crippen molar-refractivity contribution in [3.8, 4) is 17.2 Å². The van der Waals surface area contributed by atoms with Crippen molar-refractivity contribution in [2.75, 3.05) is 0 Å². The molecule has 1 atom stereocenters. The first-order valence-electron chi connectivity index (χ1n) is 9.97. The summed E-state index contributed by atoms with van der Waals surface area (Å²) in [5.41, 5.74) is 4.65. The Morgan fingerprint density at radius 3 is 2.79 bits per heavy atom. The molecule has 1 saturated carbocycles. The van der Waals surface area contributed by atoms with E-state index in [0.29, 0.717) is 17.5 Å². The maximum atomic E-state index is 12.2. The minimum absolute atomic E-state index is 0.121. The smallest absolute Gasteiger partial charge is 0.148 e. The van der Waals surface area contributed by atoms with Crippen molar-refractivity contribution in [1.29, 1.82) is 5.26 Å². The number of rotatable bonds is 6. The first-order chi connectivity index (χ1) is 13.9. The van der Waals surface area contributed by atoms with Crippen LogP contribution in [0.3, 0.4) is 0 Å². The van der Waals surface area contributed by atoms with Crippen LogP contribution in [0, 0.1) is 16.7 Å². The molecule has 2 aromatic heterocycles. The molecular formula is C23H26N4OS. The predicted octanol–water partition coefficient (Wildman–Crippen LogP) is 4.54. The topological polar surface area (TPSA) is 70.7 Å². The number of aromatic nitrogens is 2. The van der Waals surface area contributed by atoms with Crippen molar-refractivity contribution in [3.63, 3.8) is 0 Å². The Bertz CT molecular complexity index is 1120. The fourth-order valence-corrected chi connectivity index (χ4v) is 4.69. The van der Waals surface area contributed by atoms with Gasteiger partial charge in [-0.25, -0.2) is 13.9 Å². The highest BCUT2D eigenvalue weighted by atomic mass is 32.2. The van der Waals surface area contributed by atoms with Gasteiger partial charge in [-0.1, -0.05) is 32.9 Å². The zero-order valence-corrected chi connectivity index (χ0v) is 17.9. The molecule has 1 aliphatic carbocycles. The predicted molar refractivity (Wildman–Crippen MR) is 117 cm³/mol. The Hall–Kier alpha value is -2.49. The molecule has 0 spiro atoms. The van der Waals surface area contributed by atoms with E-state index in [-0.39, 0.29) is 5.41 Å². The van der Waals surface area contributed by atoms with Gasteiger partial charge in [-0.3, -0.25) is 0 Å². The molecule has 0 amide bonds. The molecule has 0 aliphatic heterocycles. The van der Waals surface area contributed by atoms with E-state index in [2.05, 4.69) is 59.4 Å². The second kappa shape index (κ2) is 7.74. The molecule has 2 heterocycles. The number of benzene rings is 1. The lowest BCUT2D eigenvalue weighted by Crippen LogP contribution is -2.19. The second-order valence-corrected chi connectivity index (χ2v) is 10.5. The molecule has 150 valence electrons. The van der Waals surface area contributed by atoms with Gasteiger partial charge in [-0.05, 0) is 47.6 Å². The molecule has 0 radical (unpaired) electrons. The van der Waals surface area contributed by atoms with Crippen LogP contribution in [0.15, 0.2) is 42.7 Å². The van der Waals surface area contributed by atoms with Gasteiger partial charge >= 0.3 is 0 Å². The van der Waals surface area contributed by atoms with Crippen molar-refractivity contribution in [3.05, 3.63) is 54.0 Å². The lowest BCUT2D eigenvalue weighted by molar-refractivity contribution is 0.349. The van der Waals surface area contributed by atoms with E-state index in [0.717, 1.165) is 47.0 Å². The highest BCUT2D eigenvalue weighted by Crippen LogP contribution is 2.31. The van der Waals surface area contributed by atoms with E-state index < -0.39 is 11.0 Å². The lowest BCUT2D eigenvalue weighted by Gasteiger charge is -2.20. The van der Waals surface area contributed by atoms with Crippen LogP contribution in [0.5, 0.6) is 0 Å². The van der Waals surface area contributed by atoms with E-state index >= 15 is 0 Å². The minimum Gasteiger partial charge on any atom is -0.347 e. The monoisotopic (exact) mass is 406 g/mol. The first-order valence-corrected chi connectivity index (χ1v) is 11.2.